The number of sulfonamides is 1. The highest BCUT2D eigenvalue weighted by Gasteiger charge is 2.40. The first-order chi connectivity index (χ1) is 9.95. The Kier molecular flexibility index (Phi) is 4.51. The summed E-state index contributed by atoms with van der Waals surface area (Å²) in [6.45, 7) is 0. The Hall–Kier alpha value is -0.290. The normalized spacial score (nSPS) is 32.9. The average molecular weight is 425 g/mol. The van der Waals surface area contributed by atoms with E-state index in [-0.39, 0.29) is 10.9 Å². The fraction of sp³-hybridized carbons (Fsp3) is 0.538. The summed E-state index contributed by atoms with van der Waals surface area (Å²) in [6, 6.07) is 5.41. The van der Waals surface area contributed by atoms with Crippen LogP contribution in [0.2, 0.25) is 0 Å². The predicted octanol–water partition coefficient (Wildman–Crippen LogP) is 1.51. The van der Waals surface area contributed by atoms with Gasteiger partial charge in [-0.2, -0.15) is 0 Å². The van der Waals surface area contributed by atoms with Gasteiger partial charge in [0.25, 0.3) is 0 Å². The molecule has 4 unspecified atom stereocenters. The average Bonchev–Trinajstić information content (AvgIpc) is 2.80. The molecule has 0 aromatic heterocycles. The van der Waals surface area contributed by atoms with Gasteiger partial charge in [0.2, 0.25) is 10.0 Å². The van der Waals surface area contributed by atoms with Crippen LogP contribution in [0.4, 0.5) is 4.39 Å². The van der Waals surface area contributed by atoms with Gasteiger partial charge in [0.1, 0.15) is 5.82 Å². The van der Waals surface area contributed by atoms with E-state index in [2.05, 4.69) is 38.2 Å². The molecule has 1 heterocycles. The summed E-state index contributed by atoms with van der Waals surface area (Å²) in [4.78, 5) is -0.0154. The van der Waals surface area contributed by atoms with Crippen LogP contribution in [-0.2, 0) is 10.0 Å². The van der Waals surface area contributed by atoms with Crippen LogP contribution in [0.15, 0.2) is 29.2 Å². The zero-order valence-corrected chi connectivity index (χ0v) is 14.2. The third kappa shape index (κ3) is 3.39. The van der Waals surface area contributed by atoms with Crippen molar-refractivity contribution in [2.45, 2.75) is 40.3 Å². The van der Waals surface area contributed by atoms with E-state index in [0.717, 1.165) is 25.3 Å². The van der Waals surface area contributed by atoms with Crippen molar-refractivity contribution >= 4 is 32.6 Å². The molecule has 8 heteroatoms. The number of nitrogens with one attached hydrogen (secondary N) is 3. The van der Waals surface area contributed by atoms with Crippen LogP contribution in [0.5, 0.6) is 0 Å². The van der Waals surface area contributed by atoms with Crippen molar-refractivity contribution in [3.63, 3.8) is 0 Å². The van der Waals surface area contributed by atoms with Gasteiger partial charge in [-0.1, -0.05) is 28.7 Å². The lowest BCUT2D eigenvalue weighted by Crippen LogP contribution is -2.44. The van der Waals surface area contributed by atoms with Gasteiger partial charge in [0.05, 0.1) is 8.94 Å². The molecule has 2 aliphatic rings. The van der Waals surface area contributed by atoms with Gasteiger partial charge >= 0.3 is 0 Å². The van der Waals surface area contributed by atoms with Crippen molar-refractivity contribution in [1.29, 1.82) is 0 Å². The monoisotopic (exact) mass is 425 g/mol. The van der Waals surface area contributed by atoms with Crippen LogP contribution in [0, 0.1) is 11.7 Å². The first kappa shape index (κ1) is 15.6. The maximum atomic E-state index is 13.2. The van der Waals surface area contributed by atoms with Crippen LogP contribution in [0.25, 0.3) is 0 Å². The molecule has 4 atom stereocenters. The van der Waals surface area contributed by atoms with E-state index in [4.69, 9.17) is 0 Å². The number of halogens is 2. The van der Waals surface area contributed by atoms with E-state index in [0.29, 0.717) is 16.0 Å². The molecule has 1 saturated carbocycles. The van der Waals surface area contributed by atoms with E-state index in [9.17, 15) is 12.8 Å². The molecular weight excluding hydrogens is 408 g/mol. The Morgan fingerprint density at radius 3 is 2.86 bits per heavy atom. The van der Waals surface area contributed by atoms with Crippen molar-refractivity contribution in [1.82, 2.24) is 15.6 Å². The van der Waals surface area contributed by atoms with Gasteiger partial charge in [0.15, 0.2) is 0 Å². The number of rotatable bonds is 3. The zero-order valence-electron chi connectivity index (χ0n) is 11.2. The van der Waals surface area contributed by atoms with E-state index in [1.807, 2.05) is 0 Å². The molecule has 1 aliphatic carbocycles. The second-order valence-corrected chi connectivity index (χ2v) is 8.61. The first-order valence-corrected chi connectivity index (χ1v) is 9.61. The second-order valence-electron chi connectivity index (χ2n) is 5.55. The summed E-state index contributed by atoms with van der Waals surface area (Å²) in [5, 5.41) is 0. The first-order valence-electron chi connectivity index (χ1n) is 6.89. The lowest BCUT2D eigenvalue weighted by molar-refractivity contribution is 0.288. The van der Waals surface area contributed by atoms with Crippen molar-refractivity contribution < 1.29 is 12.8 Å². The van der Waals surface area contributed by atoms with Crippen LogP contribution in [0.1, 0.15) is 19.3 Å². The molecule has 0 spiro atoms. The largest absolute Gasteiger partial charge is 0.253 e. The number of fused-ring (bicyclic) bond motifs is 1. The fourth-order valence-electron chi connectivity index (χ4n) is 3.03. The van der Waals surface area contributed by atoms with Crippen LogP contribution < -0.4 is 15.6 Å². The van der Waals surface area contributed by atoms with E-state index < -0.39 is 15.8 Å². The summed E-state index contributed by atoms with van der Waals surface area (Å²) in [7, 11) is -3.66. The fourth-order valence-corrected chi connectivity index (χ4v) is 5.32. The molecule has 21 heavy (non-hydrogen) atoms. The standard InChI is InChI=1S/C13H17FIN3O2S/c14-8-2-1-3-10(6-8)21(19,20)18-9-4-5-12-11(7-9)13(15)17-16-12/h1-3,6,9,11-13,16-18H,4-5,7H2. The minimum atomic E-state index is -3.66. The molecule has 5 nitrogen and oxygen atoms in total. The molecule has 3 rings (SSSR count). The van der Waals surface area contributed by atoms with Crippen molar-refractivity contribution in [3.05, 3.63) is 30.1 Å². The Balaban J connectivity index is 1.71. The molecule has 1 aromatic carbocycles. The van der Waals surface area contributed by atoms with E-state index in [1.54, 1.807) is 0 Å². The summed E-state index contributed by atoms with van der Waals surface area (Å²) >= 11 is 2.33. The number of hydrazine groups is 1. The number of alkyl halides is 1. The smallest absolute Gasteiger partial charge is 0.240 e. The van der Waals surface area contributed by atoms with Crippen LogP contribution in [0.3, 0.4) is 0 Å². The summed E-state index contributed by atoms with van der Waals surface area (Å²) < 4.78 is 40.8. The zero-order chi connectivity index (χ0) is 15.0. The third-order valence-electron chi connectivity index (χ3n) is 4.11. The van der Waals surface area contributed by atoms with Crippen LogP contribution >= 0.6 is 22.6 Å². The van der Waals surface area contributed by atoms with Crippen molar-refractivity contribution in [2.24, 2.45) is 5.92 Å². The summed E-state index contributed by atoms with van der Waals surface area (Å²) in [5.74, 6) is -0.141. The molecule has 1 aliphatic heterocycles. The molecule has 0 bridgehead atoms. The highest BCUT2D eigenvalue weighted by molar-refractivity contribution is 14.1. The molecule has 0 amide bonds. The van der Waals surface area contributed by atoms with Gasteiger partial charge in [0, 0.05) is 18.0 Å². The summed E-state index contributed by atoms with van der Waals surface area (Å²) in [6.07, 6.45) is 2.49. The topological polar surface area (TPSA) is 70.2 Å². The minimum Gasteiger partial charge on any atom is -0.253 e. The van der Waals surface area contributed by atoms with Gasteiger partial charge in [-0.3, -0.25) is 5.43 Å². The molecule has 3 N–H and O–H groups in total. The molecule has 0 radical (unpaired) electrons. The van der Waals surface area contributed by atoms with E-state index >= 15 is 0 Å². The molecule has 2 fully saturated rings. The molecule has 1 aromatic rings. The SMILES string of the molecule is O=S(=O)(NC1CCC2NNC(I)C2C1)c1cccc(F)c1. The van der Waals surface area contributed by atoms with Gasteiger partial charge < -0.3 is 0 Å². The number of benzene rings is 1. The maximum Gasteiger partial charge on any atom is 0.240 e. The maximum absolute atomic E-state index is 13.2. The predicted molar refractivity (Wildman–Crippen MR) is 85.7 cm³/mol. The quantitative estimate of drug-likeness (QED) is 0.390. The van der Waals surface area contributed by atoms with Crippen molar-refractivity contribution in [3.8, 4) is 0 Å². The van der Waals surface area contributed by atoms with Crippen molar-refractivity contribution in [2.75, 3.05) is 0 Å². The van der Waals surface area contributed by atoms with Crippen LogP contribution in [-0.4, -0.2) is 24.6 Å². The Morgan fingerprint density at radius 1 is 1.29 bits per heavy atom. The van der Waals surface area contributed by atoms with Gasteiger partial charge in [-0.25, -0.2) is 23.0 Å². The highest BCUT2D eigenvalue weighted by atomic mass is 127. The highest BCUT2D eigenvalue weighted by Crippen LogP contribution is 2.33. The lowest BCUT2D eigenvalue weighted by atomic mass is 9.83. The Morgan fingerprint density at radius 2 is 2.10 bits per heavy atom. The van der Waals surface area contributed by atoms with Gasteiger partial charge in [-0.05, 0) is 37.5 Å². The Bertz CT molecular complexity index is 628. The lowest BCUT2D eigenvalue weighted by Gasteiger charge is -2.32. The molecular formula is C13H17FIN3O2S. The van der Waals surface area contributed by atoms with E-state index in [1.165, 1.54) is 18.2 Å². The summed E-state index contributed by atoms with van der Waals surface area (Å²) in [5.41, 5.74) is 6.44. The van der Waals surface area contributed by atoms with Gasteiger partial charge in [-0.15, -0.1) is 0 Å². The minimum absolute atomic E-state index is 0.0154. The number of hydrogen-bond acceptors (Lipinski definition) is 4. The Labute approximate surface area is 137 Å². The molecule has 116 valence electrons. The second kappa shape index (κ2) is 6.07. The third-order valence-corrected chi connectivity index (χ3v) is 6.86. The number of hydrogen-bond donors (Lipinski definition) is 3. The molecule has 1 saturated heterocycles.